The number of carbonyl (C=O) groups is 2. The SMILES string of the molecule is Cc1ccccc1CC(=O)Nc1ccc(C(=O)N2Cc3cccn3Cc3sccc32)cc1. The topological polar surface area (TPSA) is 54.3 Å². The van der Waals surface area contributed by atoms with Gasteiger partial charge in [0.2, 0.25) is 5.91 Å². The molecule has 1 aliphatic rings. The van der Waals surface area contributed by atoms with Gasteiger partial charge in [0.25, 0.3) is 5.91 Å². The van der Waals surface area contributed by atoms with Crippen molar-refractivity contribution in [1.82, 2.24) is 4.57 Å². The highest BCUT2D eigenvalue weighted by Crippen LogP contribution is 2.33. The summed E-state index contributed by atoms with van der Waals surface area (Å²) in [5.41, 5.74) is 5.47. The number of hydrogen-bond donors (Lipinski definition) is 1. The molecule has 0 unspecified atom stereocenters. The van der Waals surface area contributed by atoms with Crippen LogP contribution in [0.15, 0.2) is 78.3 Å². The molecule has 0 radical (unpaired) electrons. The number of carbonyl (C=O) groups excluding carboxylic acids is 2. The third-order valence-electron chi connectivity index (χ3n) is 5.84. The van der Waals surface area contributed by atoms with E-state index >= 15 is 0 Å². The number of amides is 2. The maximum Gasteiger partial charge on any atom is 0.258 e. The van der Waals surface area contributed by atoms with E-state index in [0.29, 0.717) is 24.2 Å². The maximum absolute atomic E-state index is 13.4. The molecular formula is C26H23N3O2S. The minimum Gasteiger partial charge on any atom is -0.344 e. The highest BCUT2D eigenvalue weighted by atomic mass is 32.1. The third kappa shape index (κ3) is 3.97. The van der Waals surface area contributed by atoms with E-state index in [4.69, 9.17) is 0 Å². The number of aryl methyl sites for hydroxylation is 1. The highest BCUT2D eigenvalue weighted by Gasteiger charge is 2.25. The molecule has 3 heterocycles. The number of thiophene rings is 1. The van der Waals surface area contributed by atoms with Gasteiger partial charge in [0.15, 0.2) is 0 Å². The minimum absolute atomic E-state index is 0.0444. The van der Waals surface area contributed by atoms with Gasteiger partial charge in [-0.15, -0.1) is 11.3 Å². The third-order valence-corrected chi connectivity index (χ3v) is 6.74. The van der Waals surface area contributed by atoms with Gasteiger partial charge in [-0.1, -0.05) is 24.3 Å². The van der Waals surface area contributed by atoms with Gasteiger partial charge < -0.3 is 14.8 Å². The Bertz CT molecular complexity index is 1290. The zero-order chi connectivity index (χ0) is 22.1. The fourth-order valence-electron chi connectivity index (χ4n) is 4.06. The Hall–Kier alpha value is -3.64. The summed E-state index contributed by atoms with van der Waals surface area (Å²) in [5.74, 6) is -0.119. The van der Waals surface area contributed by atoms with E-state index < -0.39 is 0 Å². The number of nitrogens with zero attached hydrogens (tertiary/aromatic N) is 2. The molecule has 2 aromatic carbocycles. The van der Waals surface area contributed by atoms with Gasteiger partial charge in [0.05, 0.1) is 25.2 Å². The lowest BCUT2D eigenvalue weighted by Crippen LogP contribution is -2.30. The van der Waals surface area contributed by atoms with Crippen molar-refractivity contribution in [2.75, 3.05) is 10.2 Å². The van der Waals surface area contributed by atoms with E-state index in [2.05, 4.69) is 22.1 Å². The molecule has 2 aromatic heterocycles. The molecule has 160 valence electrons. The second-order valence-electron chi connectivity index (χ2n) is 7.98. The maximum atomic E-state index is 13.4. The van der Waals surface area contributed by atoms with Crippen molar-refractivity contribution < 1.29 is 9.59 Å². The van der Waals surface area contributed by atoms with E-state index in [1.54, 1.807) is 35.6 Å². The van der Waals surface area contributed by atoms with Crippen LogP contribution in [0.2, 0.25) is 0 Å². The van der Waals surface area contributed by atoms with Crippen LogP contribution in [-0.4, -0.2) is 16.4 Å². The van der Waals surface area contributed by atoms with Gasteiger partial charge in [-0.05, 0) is 65.9 Å². The van der Waals surface area contributed by atoms with Crippen molar-refractivity contribution in [3.05, 3.63) is 106 Å². The minimum atomic E-state index is -0.0745. The lowest BCUT2D eigenvalue weighted by atomic mass is 10.1. The lowest BCUT2D eigenvalue weighted by molar-refractivity contribution is -0.115. The van der Waals surface area contributed by atoms with Gasteiger partial charge in [-0.25, -0.2) is 0 Å². The van der Waals surface area contributed by atoms with Gasteiger partial charge >= 0.3 is 0 Å². The average Bonchev–Trinajstić information content (AvgIpc) is 3.41. The zero-order valence-corrected chi connectivity index (χ0v) is 18.6. The molecule has 0 saturated carbocycles. The molecular weight excluding hydrogens is 418 g/mol. The van der Waals surface area contributed by atoms with Gasteiger partial charge in [0.1, 0.15) is 0 Å². The number of aromatic nitrogens is 1. The molecule has 0 saturated heterocycles. The Balaban J connectivity index is 1.31. The van der Waals surface area contributed by atoms with Crippen LogP contribution in [-0.2, 0) is 24.3 Å². The molecule has 0 atom stereocenters. The van der Waals surface area contributed by atoms with Crippen LogP contribution < -0.4 is 10.2 Å². The molecule has 32 heavy (non-hydrogen) atoms. The van der Waals surface area contributed by atoms with E-state index in [-0.39, 0.29) is 11.8 Å². The summed E-state index contributed by atoms with van der Waals surface area (Å²) in [6.45, 7) is 3.32. The number of fused-ring (bicyclic) bond motifs is 2. The van der Waals surface area contributed by atoms with E-state index in [1.807, 2.05) is 53.6 Å². The summed E-state index contributed by atoms with van der Waals surface area (Å²) < 4.78 is 2.19. The van der Waals surface area contributed by atoms with E-state index in [9.17, 15) is 9.59 Å². The average molecular weight is 442 g/mol. The fraction of sp³-hybridized carbons (Fsp3) is 0.154. The predicted molar refractivity (Wildman–Crippen MR) is 128 cm³/mol. The second-order valence-corrected chi connectivity index (χ2v) is 8.98. The van der Waals surface area contributed by atoms with E-state index in [0.717, 1.165) is 29.1 Å². The largest absolute Gasteiger partial charge is 0.344 e. The summed E-state index contributed by atoms with van der Waals surface area (Å²) in [7, 11) is 0. The molecule has 5 rings (SSSR count). The van der Waals surface area contributed by atoms with Crippen molar-refractivity contribution in [1.29, 1.82) is 0 Å². The van der Waals surface area contributed by atoms with Gasteiger partial charge in [0, 0.05) is 28.0 Å². The molecule has 4 aromatic rings. The first-order valence-corrected chi connectivity index (χ1v) is 11.4. The normalized spacial score (nSPS) is 12.6. The lowest BCUT2D eigenvalue weighted by Gasteiger charge is -2.21. The summed E-state index contributed by atoms with van der Waals surface area (Å²) >= 11 is 1.67. The van der Waals surface area contributed by atoms with Crippen LogP contribution in [0.25, 0.3) is 0 Å². The Morgan fingerprint density at radius 1 is 0.969 bits per heavy atom. The summed E-state index contributed by atoms with van der Waals surface area (Å²) in [6, 6.07) is 21.1. The van der Waals surface area contributed by atoms with E-state index in [1.165, 1.54) is 4.88 Å². The monoisotopic (exact) mass is 441 g/mol. The summed E-state index contributed by atoms with van der Waals surface area (Å²) in [6.07, 6.45) is 2.38. The number of rotatable bonds is 4. The molecule has 0 aliphatic carbocycles. The number of anilines is 2. The molecule has 0 bridgehead atoms. The number of benzene rings is 2. The van der Waals surface area contributed by atoms with Crippen LogP contribution in [0.1, 0.15) is 32.1 Å². The van der Waals surface area contributed by atoms with Crippen LogP contribution >= 0.6 is 11.3 Å². The second kappa shape index (κ2) is 8.48. The molecule has 5 nitrogen and oxygen atoms in total. The first-order valence-electron chi connectivity index (χ1n) is 10.5. The van der Waals surface area contributed by atoms with Crippen molar-refractivity contribution in [3.8, 4) is 0 Å². The molecule has 0 fully saturated rings. The zero-order valence-electron chi connectivity index (χ0n) is 17.7. The van der Waals surface area contributed by atoms with Crippen molar-refractivity contribution >= 4 is 34.5 Å². The standard InChI is InChI=1S/C26H23N3O2S/c1-18-5-2-3-6-20(18)15-25(30)27-21-10-8-19(9-11-21)26(31)29-16-22-7-4-13-28(22)17-24-23(29)12-14-32-24/h2-14H,15-17H2,1H3,(H,27,30). The molecule has 0 spiro atoms. The Kier molecular flexibility index (Phi) is 5.37. The molecule has 1 N–H and O–H groups in total. The van der Waals surface area contributed by atoms with Crippen LogP contribution in [0, 0.1) is 6.92 Å². The predicted octanol–water partition coefficient (Wildman–Crippen LogP) is 5.25. The molecule has 2 amide bonds. The summed E-state index contributed by atoms with van der Waals surface area (Å²) in [5, 5.41) is 4.96. The fourth-order valence-corrected chi connectivity index (χ4v) is 4.94. The van der Waals surface area contributed by atoms with Gasteiger partial charge in [-0.2, -0.15) is 0 Å². The van der Waals surface area contributed by atoms with Gasteiger partial charge in [-0.3, -0.25) is 9.59 Å². The first-order chi connectivity index (χ1) is 15.6. The molecule has 6 heteroatoms. The Morgan fingerprint density at radius 2 is 1.78 bits per heavy atom. The van der Waals surface area contributed by atoms with Crippen LogP contribution in [0.3, 0.4) is 0 Å². The van der Waals surface area contributed by atoms with Crippen molar-refractivity contribution in [2.24, 2.45) is 0 Å². The highest BCUT2D eigenvalue weighted by molar-refractivity contribution is 7.10. The number of hydrogen-bond acceptors (Lipinski definition) is 3. The Labute approximate surface area is 190 Å². The smallest absolute Gasteiger partial charge is 0.258 e. The Morgan fingerprint density at radius 3 is 2.59 bits per heavy atom. The quantitative estimate of drug-likeness (QED) is 0.470. The number of nitrogens with one attached hydrogen (secondary N) is 1. The molecule has 1 aliphatic heterocycles. The van der Waals surface area contributed by atoms with Crippen molar-refractivity contribution in [2.45, 2.75) is 26.4 Å². The van der Waals surface area contributed by atoms with Crippen LogP contribution in [0.4, 0.5) is 11.4 Å². The van der Waals surface area contributed by atoms with Crippen LogP contribution in [0.5, 0.6) is 0 Å². The summed E-state index contributed by atoms with van der Waals surface area (Å²) in [4.78, 5) is 28.9. The first kappa shape index (κ1) is 20.3. The van der Waals surface area contributed by atoms with Crippen molar-refractivity contribution in [3.63, 3.8) is 0 Å².